The summed E-state index contributed by atoms with van der Waals surface area (Å²) in [6.07, 6.45) is 3.98. The van der Waals surface area contributed by atoms with E-state index in [1.165, 1.54) is 5.56 Å². The van der Waals surface area contributed by atoms with Gasteiger partial charge in [-0.25, -0.2) is 9.50 Å². The van der Waals surface area contributed by atoms with Crippen molar-refractivity contribution in [3.05, 3.63) is 65.9 Å². The molecule has 1 unspecified atom stereocenters. The molecule has 4 aromatic rings. The number of imidazole rings is 1. The van der Waals surface area contributed by atoms with Gasteiger partial charge in [-0.2, -0.15) is 0 Å². The third-order valence-electron chi connectivity index (χ3n) is 6.20. The maximum atomic E-state index is 12.9. The Bertz CT molecular complexity index is 1260. The number of fused-ring (bicyclic) bond motifs is 1. The summed E-state index contributed by atoms with van der Waals surface area (Å²) >= 11 is 1.57. The number of carbonyl (C=O) groups is 1. The van der Waals surface area contributed by atoms with Gasteiger partial charge in [-0.3, -0.25) is 4.79 Å². The van der Waals surface area contributed by atoms with Crippen LogP contribution in [0, 0.1) is 12.8 Å². The summed E-state index contributed by atoms with van der Waals surface area (Å²) in [5, 5.41) is 8.80. The zero-order chi connectivity index (χ0) is 24.4. The number of carbonyl (C=O) groups excluding carboxylic acids is 1. The number of ether oxygens (including phenoxy) is 1. The summed E-state index contributed by atoms with van der Waals surface area (Å²) in [7, 11) is 0. The molecule has 8 heteroatoms. The van der Waals surface area contributed by atoms with Crippen LogP contribution in [0.25, 0.3) is 16.2 Å². The number of hydrogen-bond donors (Lipinski definition) is 1. The van der Waals surface area contributed by atoms with Crippen LogP contribution in [0.4, 0.5) is 5.13 Å². The molecule has 0 radical (unpaired) electrons. The second-order valence-electron chi connectivity index (χ2n) is 9.42. The summed E-state index contributed by atoms with van der Waals surface area (Å²) < 4.78 is 7.54. The highest BCUT2D eigenvalue weighted by molar-refractivity contribution is 7.20. The van der Waals surface area contributed by atoms with Crippen LogP contribution in [-0.4, -0.2) is 39.7 Å². The summed E-state index contributed by atoms with van der Waals surface area (Å²) in [4.78, 5) is 20.8. The fourth-order valence-electron chi connectivity index (χ4n) is 4.34. The Labute approximate surface area is 209 Å². The van der Waals surface area contributed by atoms with Crippen LogP contribution >= 0.6 is 11.3 Å². The zero-order valence-corrected chi connectivity index (χ0v) is 21.2. The predicted molar refractivity (Wildman–Crippen MR) is 140 cm³/mol. The molecule has 2 aromatic carbocycles. The molecule has 1 fully saturated rings. The van der Waals surface area contributed by atoms with Crippen LogP contribution in [0.15, 0.2) is 54.7 Å². The van der Waals surface area contributed by atoms with Crippen molar-refractivity contribution in [1.82, 2.24) is 19.9 Å². The second kappa shape index (κ2) is 10.1. The molecule has 0 saturated carbocycles. The summed E-state index contributed by atoms with van der Waals surface area (Å²) in [5.41, 5.74) is 4.31. The van der Waals surface area contributed by atoms with Crippen molar-refractivity contribution in [2.24, 2.45) is 5.92 Å². The van der Waals surface area contributed by atoms with Crippen LogP contribution in [-0.2, 0) is 11.3 Å². The fraction of sp³-hybridized carbons (Fsp3) is 0.370. The molecule has 5 rings (SSSR count). The smallest absolute Gasteiger partial charge is 0.225 e. The average Bonchev–Trinajstić information content (AvgIpc) is 3.43. The van der Waals surface area contributed by atoms with Crippen molar-refractivity contribution in [3.8, 4) is 17.0 Å². The number of nitrogens with zero attached hydrogens (tertiary/aromatic N) is 4. The number of anilines is 1. The van der Waals surface area contributed by atoms with Crippen molar-refractivity contribution >= 4 is 27.3 Å². The molecule has 7 nitrogen and oxygen atoms in total. The number of piperidine rings is 1. The van der Waals surface area contributed by atoms with E-state index in [0.29, 0.717) is 13.1 Å². The Morgan fingerprint density at radius 2 is 1.94 bits per heavy atom. The van der Waals surface area contributed by atoms with E-state index in [0.717, 1.165) is 52.0 Å². The fourth-order valence-corrected chi connectivity index (χ4v) is 5.26. The van der Waals surface area contributed by atoms with Crippen molar-refractivity contribution in [3.63, 3.8) is 0 Å². The Hall–Kier alpha value is -3.39. The van der Waals surface area contributed by atoms with Crippen LogP contribution in [0.2, 0.25) is 0 Å². The number of rotatable bonds is 7. The highest BCUT2D eigenvalue weighted by Crippen LogP contribution is 2.30. The lowest BCUT2D eigenvalue weighted by Gasteiger charge is -2.31. The highest BCUT2D eigenvalue weighted by Gasteiger charge is 2.28. The van der Waals surface area contributed by atoms with Gasteiger partial charge in [0, 0.05) is 25.2 Å². The van der Waals surface area contributed by atoms with Gasteiger partial charge in [0.25, 0.3) is 0 Å². The van der Waals surface area contributed by atoms with Crippen molar-refractivity contribution in [2.45, 2.75) is 46.3 Å². The third kappa shape index (κ3) is 5.48. The Morgan fingerprint density at radius 3 is 2.66 bits per heavy atom. The molecule has 1 aliphatic rings. The van der Waals surface area contributed by atoms with Crippen molar-refractivity contribution in [1.29, 1.82) is 0 Å². The van der Waals surface area contributed by atoms with Crippen LogP contribution in [0.1, 0.15) is 37.8 Å². The van der Waals surface area contributed by atoms with Gasteiger partial charge < -0.3 is 15.0 Å². The van der Waals surface area contributed by atoms with Gasteiger partial charge in [0.2, 0.25) is 16.0 Å². The SMILES string of the molecule is Cc1ccc(-c2cn3nc(N4CCCC(C(=O)NCc5ccc(OC(C)C)cc5)C4)sc3n2)cc1. The van der Waals surface area contributed by atoms with E-state index in [9.17, 15) is 4.79 Å². The molecule has 0 spiro atoms. The standard InChI is InChI=1S/C27H31N5O2S/c1-18(2)34-23-12-8-20(9-13-23)15-28-25(33)22-5-4-14-31(16-22)27-30-32-17-24(29-26(32)35-27)21-10-6-19(3)7-11-21/h6-13,17-18,22H,4-5,14-16H2,1-3H3,(H,28,33). The Balaban J connectivity index is 1.19. The van der Waals surface area contributed by atoms with E-state index < -0.39 is 0 Å². The number of nitrogens with one attached hydrogen (secondary N) is 1. The molecule has 1 aliphatic heterocycles. The number of aryl methyl sites for hydroxylation is 1. The summed E-state index contributed by atoms with van der Waals surface area (Å²) in [6.45, 7) is 8.19. The minimum absolute atomic E-state index is 0.0494. The van der Waals surface area contributed by atoms with E-state index in [4.69, 9.17) is 14.8 Å². The number of aromatic nitrogens is 3. The molecular formula is C27H31N5O2S. The molecule has 0 aliphatic carbocycles. The second-order valence-corrected chi connectivity index (χ2v) is 10.4. The van der Waals surface area contributed by atoms with Crippen molar-refractivity contribution in [2.75, 3.05) is 18.0 Å². The maximum Gasteiger partial charge on any atom is 0.225 e. The van der Waals surface area contributed by atoms with Gasteiger partial charge in [-0.15, -0.1) is 5.10 Å². The Kier molecular flexibility index (Phi) is 6.72. The molecule has 1 N–H and O–H groups in total. The lowest BCUT2D eigenvalue weighted by atomic mass is 9.97. The first kappa shape index (κ1) is 23.4. The van der Waals surface area contributed by atoms with E-state index in [2.05, 4.69) is 41.4 Å². The third-order valence-corrected chi connectivity index (χ3v) is 7.19. The largest absolute Gasteiger partial charge is 0.491 e. The maximum absolute atomic E-state index is 12.9. The monoisotopic (exact) mass is 489 g/mol. The van der Waals surface area contributed by atoms with E-state index in [1.807, 2.05) is 48.8 Å². The molecule has 2 aromatic heterocycles. The topological polar surface area (TPSA) is 71.8 Å². The molecule has 3 heterocycles. The summed E-state index contributed by atoms with van der Waals surface area (Å²) in [5.74, 6) is 0.894. The van der Waals surface area contributed by atoms with Crippen LogP contribution in [0.3, 0.4) is 0 Å². The van der Waals surface area contributed by atoms with E-state index in [1.54, 1.807) is 11.3 Å². The van der Waals surface area contributed by atoms with E-state index in [-0.39, 0.29) is 17.9 Å². The molecule has 1 saturated heterocycles. The van der Waals surface area contributed by atoms with Gasteiger partial charge in [0.1, 0.15) is 5.75 Å². The lowest BCUT2D eigenvalue weighted by molar-refractivity contribution is -0.125. The number of benzene rings is 2. The van der Waals surface area contributed by atoms with Gasteiger partial charge in [-0.05, 0) is 51.3 Å². The molecule has 35 heavy (non-hydrogen) atoms. The molecule has 1 amide bonds. The average molecular weight is 490 g/mol. The van der Waals surface area contributed by atoms with Crippen molar-refractivity contribution < 1.29 is 9.53 Å². The Morgan fingerprint density at radius 1 is 1.17 bits per heavy atom. The molecular weight excluding hydrogens is 458 g/mol. The number of amides is 1. The van der Waals surface area contributed by atoms with E-state index >= 15 is 0 Å². The first-order chi connectivity index (χ1) is 16.9. The van der Waals surface area contributed by atoms with Crippen LogP contribution < -0.4 is 15.0 Å². The minimum atomic E-state index is -0.0494. The first-order valence-electron chi connectivity index (χ1n) is 12.2. The normalized spacial score (nSPS) is 16.1. The highest BCUT2D eigenvalue weighted by atomic mass is 32.1. The predicted octanol–water partition coefficient (Wildman–Crippen LogP) is 5.09. The van der Waals surface area contributed by atoms with Gasteiger partial charge in [0.15, 0.2) is 0 Å². The zero-order valence-electron chi connectivity index (χ0n) is 20.4. The molecule has 0 bridgehead atoms. The molecule has 182 valence electrons. The number of hydrogen-bond acceptors (Lipinski definition) is 6. The van der Waals surface area contributed by atoms with Gasteiger partial charge in [-0.1, -0.05) is 53.3 Å². The van der Waals surface area contributed by atoms with Crippen LogP contribution in [0.5, 0.6) is 5.75 Å². The lowest BCUT2D eigenvalue weighted by Crippen LogP contribution is -2.43. The quantitative estimate of drug-likeness (QED) is 0.392. The first-order valence-corrected chi connectivity index (χ1v) is 13.0. The summed E-state index contributed by atoms with van der Waals surface area (Å²) in [6, 6.07) is 16.3. The molecule has 1 atom stereocenters. The van der Waals surface area contributed by atoms with Gasteiger partial charge >= 0.3 is 0 Å². The van der Waals surface area contributed by atoms with Gasteiger partial charge in [0.05, 0.1) is 23.9 Å². The minimum Gasteiger partial charge on any atom is -0.491 e.